The summed E-state index contributed by atoms with van der Waals surface area (Å²) in [5.41, 5.74) is 2.50. The van der Waals surface area contributed by atoms with Crippen molar-refractivity contribution in [1.29, 1.82) is 5.26 Å². The summed E-state index contributed by atoms with van der Waals surface area (Å²) in [5.74, 6) is -1.75. The number of hydrogen-bond donors (Lipinski definition) is 0. The predicted molar refractivity (Wildman–Crippen MR) is 158 cm³/mol. The Morgan fingerprint density at radius 3 is 1.73 bits per heavy atom. The molecule has 0 saturated heterocycles. The summed E-state index contributed by atoms with van der Waals surface area (Å²) in [6.45, 7) is 9.11. The number of alkyl halides is 3. The fourth-order valence-electron chi connectivity index (χ4n) is 5.66. The van der Waals surface area contributed by atoms with Gasteiger partial charge in [-0.15, -0.1) is 4.95 Å². The Bertz CT molecular complexity index is 2600. The number of aryl methyl sites for hydroxylation is 1. The van der Waals surface area contributed by atoms with E-state index in [0.29, 0.717) is 71.9 Å². The van der Waals surface area contributed by atoms with E-state index in [9.17, 15) is 27.2 Å². The van der Waals surface area contributed by atoms with Crippen molar-refractivity contribution in [3.63, 3.8) is 0 Å². The third-order valence-corrected chi connectivity index (χ3v) is 7.83. The van der Waals surface area contributed by atoms with Crippen molar-refractivity contribution in [1.82, 2.24) is 9.97 Å². The minimum absolute atomic E-state index is 0.191. The Hall–Kier alpha value is -6.07. The maximum Gasteiger partial charge on any atom is 0.419 e. The Balaban J connectivity index is 1.48. The fraction of sp³-hybridized carbons (Fsp3) is 0.0588. The van der Waals surface area contributed by atoms with Gasteiger partial charge in [-0.3, -0.25) is 0 Å². The Labute approximate surface area is 250 Å². The summed E-state index contributed by atoms with van der Waals surface area (Å²) < 4.78 is 68.0. The molecule has 0 saturated carbocycles. The molecular weight excluding hydrogens is 587 g/mol. The highest BCUT2D eigenvalue weighted by atomic mass is 19.4. The van der Waals surface area contributed by atoms with Gasteiger partial charge in [-0.2, -0.15) is 30.0 Å². The molecule has 0 amide bonds. The highest BCUT2D eigenvalue weighted by molar-refractivity contribution is 6.15. The van der Waals surface area contributed by atoms with Crippen LogP contribution in [0.15, 0.2) is 82.9 Å². The zero-order valence-corrected chi connectivity index (χ0v) is 23.0. The lowest BCUT2D eigenvalue weighted by atomic mass is 10.0. The molecule has 0 unspecified atom stereocenters. The molecule has 0 aliphatic carbocycles. The predicted octanol–water partition coefficient (Wildman–Crippen LogP) is 8.02. The van der Waals surface area contributed by atoms with Crippen LogP contribution in [0.4, 0.5) is 22.0 Å². The lowest BCUT2D eigenvalue weighted by Crippen LogP contribution is -2.07. The van der Waals surface area contributed by atoms with Gasteiger partial charge in [0.25, 0.3) is 0 Å². The highest BCUT2D eigenvalue weighted by Gasteiger charge is 2.34. The molecule has 1 aromatic heterocycles. The van der Waals surface area contributed by atoms with Crippen molar-refractivity contribution in [3.8, 4) is 28.4 Å². The molecule has 0 aliphatic rings. The summed E-state index contributed by atoms with van der Waals surface area (Å²) in [6.07, 6.45) is -3.06. The van der Waals surface area contributed by atoms with Crippen LogP contribution in [0.25, 0.3) is 70.8 Å². The van der Waals surface area contributed by atoms with Crippen LogP contribution in [0.3, 0.4) is 0 Å². The van der Waals surface area contributed by atoms with Crippen LogP contribution in [0, 0.1) is 36.6 Å². The maximum absolute atomic E-state index is 14.4. The van der Waals surface area contributed by atoms with Crippen LogP contribution < -0.4 is 10.7 Å². The first-order chi connectivity index (χ1) is 21.6. The number of nitriles is 1. The second kappa shape index (κ2) is 10.00. The number of nitrogens with zero attached hydrogens (tertiary/aromatic N) is 6. The van der Waals surface area contributed by atoms with Crippen molar-refractivity contribution in [2.75, 3.05) is 0 Å². The van der Waals surface area contributed by atoms with Gasteiger partial charge in [-0.1, -0.05) is 42.5 Å². The molecule has 7 aromatic rings. The van der Waals surface area contributed by atoms with Gasteiger partial charge in [0, 0.05) is 21.5 Å². The quantitative estimate of drug-likeness (QED) is 0.0870. The standard InChI is InChI=1S/C34H15F5N6/c1-16-3-4-19(13-26(16)35)18-6-9-22-24(12-18)31(45-41-2)33-30(22)43-32-28(42-15-40)23-11-17(5-8-21(23)29(32)44-33)20-7-10-25(27(36)14-20)34(37,38)39/h3-14H,1H3/b42-28?,45-31+. The van der Waals surface area contributed by atoms with Gasteiger partial charge in [0.2, 0.25) is 6.19 Å². The summed E-state index contributed by atoms with van der Waals surface area (Å²) in [5, 5.41) is 16.2. The molecule has 1 heterocycles. The third-order valence-electron chi connectivity index (χ3n) is 7.83. The van der Waals surface area contributed by atoms with Crippen LogP contribution in [0.5, 0.6) is 0 Å². The number of hydrogen-bond acceptors (Lipinski definition) is 5. The molecule has 0 spiro atoms. The van der Waals surface area contributed by atoms with Crippen molar-refractivity contribution in [3.05, 3.63) is 118 Å². The topological polar surface area (TPSA) is 78.6 Å². The van der Waals surface area contributed by atoms with E-state index < -0.39 is 17.6 Å². The van der Waals surface area contributed by atoms with Crippen molar-refractivity contribution in [2.45, 2.75) is 13.1 Å². The normalized spacial score (nSPS) is 12.9. The lowest BCUT2D eigenvalue weighted by molar-refractivity contribution is -0.139. The van der Waals surface area contributed by atoms with E-state index in [1.165, 1.54) is 12.1 Å². The number of rotatable bonds is 2. The molecule has 45 heavy (non-hydrogen) atoms. The molecule has 6 aromatic carbocycles. The number of halogens is 5. The van der Waals surface area contributed by atoms with Crippen LogP contribution >= 0.6 is 0 Å². The Morgan fingerprint density at radius 2 is 1.20 bits per heavy atom. The molecular formula is C34H15F5N6. The first kappa shape index (κ1) is 27.7. The van der Waals surface area contributed by atoms with Gasteiger partial charge in [-0.05, 0) is 65.1 Å². The van der Waals surface area contributed by atoms with E-state index in [1.54, 1.807) is 61.6 Å². The maximum atomic E-state index is 14.4. The Kier molecular flexibility index (Phi) is 6.16. The third kappa shape index (κ3) is 4.36. The summed E-state index contributed by atoms with van der Waals surface area (Å²) in [6, 6.07) is 17.8. The summed E-state index contributed by atoms with van der Waals surface area (Å²) >= 11 is 0. The van der Waals surface area contributed by atoms with Crippen LogP contribution in [-0.2, 0) is 6.18 Å². The van der Waals surface area contributed by atoms with Gasteiger partial charge in [-0.25, -0.2) is 18.7 Å². The lowest BCUT2D eigenvalue weighted by Gasteiger charge is -2.09. The molecule has 6 nitrogen and oxygen atoms in total. The second-order valence-corrected chi connectivity index (χ2v) is 10.4. The highest BCUT2D eigenvalue weighted by Crippen LogP contribution is 2.35. The fourth-order valence-corrected chi connectivity index (χ4v) is 5.66. The first-order valence-electron chi connectivity index (χ1n) is 13.4. The van der Waals surface area contributed by atoms with E-state index in [-0.39, 0.29) is 22.1 Å². The van der Waals surface area contributed by atoms with E-state index in [0.717, 1.165) is 6.07 Å². The van der Waals surface area contributed by atoms with Gasteiger partial charge >= 0.3 is 6.18 Å². The van der Waals surface area contributed by atoms with Crippen molar-refractivity contribution < 1.29 is 22.0 Å². The molecule has 7 rings (SSSR count). The molecule has 216 valence electrons. The molecule has 0 N–H and O–H groups in total. The molecule has 0 fully saturated rings. The molecule has 0 aliphatic heterocycles. The minimum atomic E-state index is -4.83. The van der Waals surface area contributed by atoms with Crippen molar-refractivity contribution in [2.24, 2.45) is 10.1 Å². The molecule has 0 atom stereocenters. The van der Waals surface area contributed by atoms with E-state index in [2.05, 4.69) is 15.0 Å². The number of aromatic nitrogens is 2. The van der Waals surface area contributed by atoms with E-state index >= 15 is 0 Å². The molecule has 0 radical (unpaired) electrons. The molecule has 0 bridgehead atoms. The first-order valence-corrected chi connectivity index (χ1v) is 13.4. The zero-order chi connectivity index (χ0) is 31.6. The average Bonchev–Trinajstić information content (AvgIpc) is 3.48. The Morgan fingerprint density at radius 1 is 0.689 bits per heavy atom. The van der Waals surface area contributed by atoms with Gasteiger partial charge in [0.1, 0.15) is 28.0 Å². The van der Waals surface area contributed by atoms with Crippen LogP contribution in [0.2, 0.25) is 0 Å². The van der Waals surface area contributed by atoms with Gasteiger partial charge in [0.05, 0.1) is 21.7 Å². The molecule has 11 heteroatoms. The monoisotopic (exact) mass is 602 g/mol. The summed E-state index contributed by atoms with van der Waals surface area (Å²) in [4.78, 5) is 16.9. The SMILES string of the molecule is [C-]#[N+]/N=c1\c2cc(-c3ccc(C)c(F)c3)ccc2c2nc3c(=NC#N)c4cc(-c5ccc(C(F)(F)F)c(F)c5)ccc4c3nc12. The van der Waals surface area contributed by atoms with E-state index in [1.807, 2.05) is 0 Å². The number of benzene rings is 4. The number of fused-ring (bicyclic) bond motifs is 6. The zero-order valence-electron chi connectivity index (χ0n) is 23.0. The van der Waals surface area contributed by atoms with Crippen molar-refractivity contribution >= 4 is 43.6 Å². The second-order valence-electron chi connectivity index (χ2n) is 10.4. The average molecular weight is 603 g/mol. The smallest absolute Gasteiger partial charge is 0.241 e. The van der Waals surface area contributed by atoms with Crippen LogP contribution in [-0.4, -0.2) is 9.97 Å². The van der Waals surface area contributed by atoms with Crippen LogP contribution in [0.1, 0.15) is 11.1 Å². The minimum Gasteiger partial charge on any atom is -0.241 e. The van der Waals surface area contributed by atoms with E-state index in [4.69, 9.17) is 16.5 Å². The summed E-state index contributed by atoms with van der Waals surface area (Å²) in [7, 11) is 0. The van der Waals surface area contributed by atoms with Gasteiger partial charge in [0.15, 0.2) is 5.36 Å². The van der Waals surface area contributed by atoms with Gasteiger partial charge < -0.3 is 0 Å². The largest absolute Gasteiger partial charge is 0.419 e.